The Morgan fingerprint density at radius 2 is 1.93 bits per heavy atom. The Hall–Kier alpha value is -0.490. The van der Waals surface area contributed by atoms with Gasteiger partial charge in [0.05, 0.1) is 0 Å². The van der Waals surface area contributed by atoms with E-state index in [2.05, 4.69) is 0 Å². The molecule has 2 heterocycles. The minimum atomic E-state index is -0.669. The highest BCUT2D eigenvalue weighted by Gasteiger charge is 2.55. The van der Waals surface area contributed by atoms with Gasteiger partial charge in [0.25, 0.3) is 0 Å². The monoisotopic (exact) mass is 202 g/mol. The summed E-state index contributed by atoms with van der Waals surface area (Å²) >= 11 is 0. The van der Waals surface area contributed by atoms with Crippen molar-refractivity contribution in [2.75, 3.05) is 7.11 Å². The second kappa shape index (κ2) is 3.27. The summed E-state index contributed by atoms with van der Waals surface area (Å²) < 4.78 is 21.5. The number of hydrogen-bond donors (Lipinski definition) is 0. The van der Waals surface area contributed by atoms with E-state index >= 15 is 0 Å². The summed E-state index contributed by atoms with van der Waals surface area (Å²) in [7, 11) is 1.52. The average Bonchev–Trinajstić information content (AvgIpc) is 2.57. The van der Waals surface area contributed by atoms with Crippen LogP contribution in [-0.2, 0) is 23.7 Å². The standard InChI is InChI=1S/C9H14O5/c1-9(2)13-6-5(4-10)12-8(11-3)7(6)14-9/h4-8H,1-3H3/t5-,6-,7-,8+/m1/s1. The number of carbonyl (C=O) groups excluding carboxylic acids is 1. The fourth-order valence-corrected chi connectivity index (χ4v) is 1.89. The van der Waals surface area contributed by atoms with Crippen molar-refractivity contribution in [1.82, 2.24) is 0 Å². The number of ether oxygens (including phenoxy) is 4. The molecule has 4 atom stereocenters. The zero-order valence-electron chi connectivity index (χ0n) is 8.43. The van der Waals surface area contributed by atoms with Gasteiger partial charge in [0, 0.05) is 7.11 Å². The van der Waals surface area contributed by atoms with Gasteiger partial charge < -0.3 is 23.7 Å². The lowest BCUT2D eigenvalue weighted by Gasteiger charge is -2.21. The molecule has 80 valence electrons. The van der Waals surface area contributed by atoms with Crippen molar-refractivity contribution in [2.24, 2.45) is 0 Å². The van der Waals surface area contributed by atoms with Gasteiger partial charge in [0.15, 0.2) is 18.4 Å². The van der Waals surface area contributed by atoms with Crippen LogP contribution in [0.5, 0.6) is 0 Å². The van der Waals surface area contributed by atoms with E-state index in [9.17, 15) is 4.79 Å². The van der Waals surface area contributed by atoms with E-state index in [-0.39, 0.29) is 12.2 Å². The summed E-state index contributed by atoms with van der Waals surface area (Å²) in [6.45, 7) is 3.61. The summed E-state index contributed by atoms with van der Waals surface area (Å²) in [6, 6.07) is 0. The van der Waals surface area contributed by atoms with Crippen molar-refractivity contribution in [2.45, 2.75) is 44.2 Å². The highest BCUT2D eigenvalue weighted by molar-refractivity contribution is 5.58. The third-order valence-electron chi connectivity index (χ3n) is 2.41. The van der Waals surface area contributed by atoms with Gasteiger partial charge in [-0.05, 0) is 13.8 Å². The SMILES string of the molecule is CO[C@H]1O[C@H](C=O)[C@H]2OC(C)(C)O[C@@H]12. The van der Waals surface area contributed by atoms with E-state index in [1.807, 2.05) is 0 Å². The first-order valence-corrected chi connectivity index (χ1v) is 4.56. The molecule has 0 aliphatic carbocycles. The summed E-state index contributed by atoms with van der Waals surface area (Å²) in [5.74, 6) is -0.669. The number of fused-ring (bicyclic) bond motifs is 1. The Bertz CT molecular complexity index is 239. The van der Waals surface area contributed by atoms with E-state index in [0.29, 0.717) is 0 Å². The summed E-state index contributed by atoms with van der Waals surface area (Å²) in [4.78, 5) is 10.7. The van der Waals surface area contributed by atoms with Crippen LogP contribution in [0, 0.1) is 0 Å². The fourth-order valence-electron chi connectivity index (χ4n) is 1.89. The first-order valence-electron chi connectivity index (χ1n) is 4.56. The number of hydrogen-bond acceptors (Lipinski definition) is 5. The van der Waals surface area contributed by atoms with Gasteiger partial charge in [-0.1, -0.05) is 0 Å². The molecule has 0 N–H and O–H groups in total. The Morgan fingerprint density at radius 1 is 1.29 bits per heavy atom. The normalized spacial score (nSPS) is 45.1. The third-order valence-corrected chi connectivity index (χ3v) is 2.41. The first-order chi connectivity index (χ1) is 6.57. The molecule has 2 rings (SSSR count). The van der Waals surface area contributed by atoms with Gasteiger partial charge in [-0.15, -0.1) is 0 Å². The van der Waals surface area contributed by atoms with Crippen molar-refractivity contribution < 1.29 is 23.7 Å². The predicted octanol–water partition coefficient (Wildman–Crippen LogP) is 0.0767. The predicted molar refractivity (Wildman–Crippen MR) is 45.6 cm³/mol. The van der Waals surface area contributed by atoms with E-state index in [1.165, 1.54) is 7.11 Å². The zero-order valence-corrected chi connectivity index (χ0v) is 8.43. The smallest absolute Gasteiger partial charge is 0.187 e. The number of methoxy groups -OCH3 is 1. The van der Waals surface area contributed by atoms with E-state index < -0.39 is 18.2 Å². The van der Waals surface area contributed by atoms with Crippen LogP contribution in [0.1, 0.15) is 13.8 Å². The summed E-state index contributed by atoms with van der Waals surface area (Å²) in [5, 5.41) is 0. The second-order valence-electron chi connectivity index (χ2n) is 3.91. The maximum absolute atomic E-state index is 10.7. The van der Waals surface area contributed by atoms with Crippen LogP contribution in [0.2, 0.25) is 0 Å². The number of rotatable bonds is 2. The van der Waals surface area contributed by atoms with Gasteiger partial charge in [0.2, 0.25) is 0 Å². The molecule has 2 fully saturated rings. The molecule has 5 nitrogen and oxygen atoms in total. The summed E-state index contributed by atoms with van der Waals surface area (Å²) in [6.07, 6.45) is -1.05. The molecule has 0 aromatic rings. The molecule has 14 heavy (non-hydrogen) atoms. The molecule has 2 saturated heterocycles. The third kappa shape index (κ3) is 1.46. The van der Waals surface area contributed by atoms with Crippen molar-refractivity contribution in [1.29, 1.82) is 0 Å². The summed E-state index contributed by atoms with van der Waals surface area (Å²) in [5.41, 5.74) is 0. The van der Waals surface area contributed by atoms with Crippen LogP contribution in [0.4, 0.5) is 0 Å². The lowest BCUT2D eigenvalue weighted by molar-refractivity contribution is -0.223. The maximum Gasteiger partial charge on any atom is 0.187 e. The van der Waals surface area contributed by atoms with Crippen molar-refractivity contribution in [3.05, 3.63) is 0 Å². The molecular weight excluding hydrogens is 188 g/mol. The molecular formula is C9H14O5. The fraction of sp³-hybridized carbons (Fsp3) is 0.889. The largest absolute Gasteiger partial charge is 0.353 e. The van der Waals surface area contributed by atoms with Crippen LogP contribution in [-0.4, -0.2) is 43.8 Å². The van der Waals surface area contributed by atoms with Gasteiger partial charge in [-0.2, -0.15) is 0 Å². The lowest BCUT2D eigenvalue weighted by Crippen LogP contribution is -2.30. The van der Waals surface area contributed by atoms with Crippen LogP contribution < -0.4 is 0 Å². The van der Waals surface area contributed by atoms with E-state index in [0.717, 1.165) is 6.29 Å². The van der Waals surface area contributed by atoms with Gasteiger partial charge in [-0.25, -0.2) is 0 Å². The Morgan fingerprint density at radius 3 is 2.50 bits per heavy atom. The van der Waals surface area contributed by atoms with Crippen LogP contribution in [0.25, 0.3) is 0 Å². The molecule has 0 amide bonds. The van der Waals surface area contributed by atoms with Gasteiger partial charge in [-0.3, -0.25) is 0 Å². The molecule has 2 aliphatic heterocycles. The van der Waals surface area contributed by atoms with Gasteiger partial charge >= 0.3 is 0 Å². The second-order valence-corrected chi connectivity index (χ2v) is 3.91. The molecule has 0 unspecified atom stereocenters. The maximum atomic E-state index is 10.7. The van der Waals surface area contributed by atoms with E-state index in [4.69, 9.17) is 18.9 Å². The zero-order chi connectivity index (χ0) is 10.3. The minimum Gasteiger partial charge on any atom is -0.353 e. The van der Waals surface area contributed by atoms with Crippen LogP contribution in [0.15, 0.2) is 0 Å². The average molecular weight is 202 g/mol. The van der Waals surface area contributed by atoms with E-state index in [1.54, 1.807) is 13.8 Å². The molecule has 0 saturated carbocycles. The Kier molecular flexibility index (Phi) is 2.35. The molecule has 0 spiro atoms. The topological polar surface area (TPSA) is 54.0 Å². The quantitative estimate of drug-likeness (QED) is 0.593. The molecule has 0 aromatic carbocycles. The van der Waals surface area contributed by atoms with Gasteiger partial charge in [0.1, 0.15) is 18.3 Å². The number of carbonyl (C=O) groups is 1. The van der Waals surface area contributed by atoms with Crippen molar-refractivity contribution in [3.8, 4) is 0 Å². The Balaban J connectivity index is 2.16. The molecule has 5 heteroatoms. The molecule has 0 radical (unpaired) electrons. The highest BCUT2D eigenvalue weighted by Crippen LogP contribution is 2.38. The van der Waals surface area contributed by atoms with Crippen molar-refractivity contribution in [3.63, 3.8) is 0 Å². The highest BCUT2D eigenvalue weighted by atomic mass is 16.8. The van der Waals surface area contributed by atoms with Crippen LogP contribution in [0.3, 0.4) is 0 Å². The molecule has 0 bridgehead atoms. The molecule has 0 aromatic heterocycles. The lowest BCUT2D eigenvalue weighted by atomic mass is 10.1. The first kappa shape index (κ1) is 10.0. The Labute approximate surface area is 82.3 Å². The van der Waals surface area contributed by atoms with Crippen molar-refractivity contribution >= 4 is 6.29 Å². The minimum absolute atomic E-state index is 0.315. The molecule has 2 aliphatic rings. The van der Waals surface area contributed by atoms with Crippen LogP contribution >= 0.6 is 0 Å². The number of aldehydes is 1.